The van der Waals surface area contributed by atoms with E-state index in [0.717, 1.165) is 5.56 Å². The third-order valence-electron chi connectivity index (χ3n) is 3.48. The van der Waals surface area contributed by atoms with Gasteiger partial charge < -0.3 is 19.3 Å². The van der Waals surface area contributed by atoms with Crippen molar-refractivity contribution in [3.8, 4) is 23.0 Å². The molecule has 130 valence electrons. The number of hydrogen-bond donors (Lipinski definition) is 2. The summed E-state index contributed by atoms with van der Waals surface area (Å²) >= 11 is 5.89. The van der Waals surface area contributed by atoms with Gasteiger partial charge in [0.2, 0.25) is 12.7 Å². The predicted octanol–water partition coefficient (Wildman–Crippen LogP) is 2.48. The predicted molar refractivity (Wildman–Crippen MR) is 91.7 cm³/mol. The average Bonchev–Trinajstić information content (AvgIpc) is 3.05. The summed E-state index contributed by atoms with van der Waals surface area (Å²) in [7, 11) is 1.42. The van der Waals surface area contributed by atoms with Crippen molar-refractivity contribution in [1.82, 2.24) is 5.43 Å². The Kier molecular flexibility index (Phi) is 4.95. The van der Waals surface area contributed by atoms with Gasteiger partial charge in [-0.2, -0.15) is 5.10 Å². The number of rotatable bonds is 5. The molecule has 3 rings (SSSR count). The second kappa shape index (κ2) is 7.31. The van der Waals surface area contributed by atoms with Crippen LogP contribution in [0.3, 0.4) is 0 Å². The van der Waals surface area contributed by atoms with E-state index in [-0.39, 0.29) is 35.6 Å². The molecule has 0 aliphatic carbocycles. The number of fused-ring (bicyclic) bond motifs is 1. The van der Waals surface area contributed by atoms with Crippen molar-refractivity contribution in [2.75, 3.05) is 13.9 Å². The largest absolute Gasteiger partial charge is 0.503 e. The second-order valence-corrected chi connectivity index (χ2v) is 5.62. The number of carbonyl (C=O) groups is 1. The molecule has 1 heterocycles. The zero-order valence-electron chi connectivity index (χ0n) is 13.3. The van der Waals surface area contributed by atoms with Crippen molar-refractivity contribution in [3.05, 3.63) is 46.5 Å². The second-order valence-electron chi connectivity index (χ2n) is 5.21. The number of methoxy groups -OCH3 is 1. The Morgan fingerprint density at radius 3 is 2.96 bits per heavy atom. The lowest BCUT2D eigenvalue weighted by Crippen LogP contribution is -2.19. The number of phenolic OH excluding ortho intramolecular Hbond substituents is 1. The molecule has 0 radical (unpaired) electrons. The highest BCUT2D eigenvalue weighted by Gasteiger charge is 2.14. The SMILES string of the molecule is COc1cc(C=NNC(=O)Cc2ccc3c(c2)OCO3)cc(Cl)c1O. The van der Waals surface area contributed by atoms with Crippen molar-refractivity contribution in [3.63, 3.8) is 0 Å². The van der Waals surface area contributed by atoms with Crippen LogP contribution in [0.4, 0.5) is 0 Å². The molecule has 7 nitrogen and oxygen atoms in total. The maximum atomic E-state index is 12.0. The van der Waals surface area contributed by atoms with Crippen LogP contribution in [0.15, 0.2) is 35.4 Å². The van der Waals surface area contributed by atoms with Crippen LogP contribution in [-0.2, 0) is 11.2 Å². The molecule has 0 saturated heterocycles. The van der Waals surface area contributed by atoms with Crippen LogP contribution >= 0.6 is 11.6 Å². The van der Waals surface area contributed by atoms with Crippen molar-refractivity contribution in [1.29, 1.82) is 0 Å². The highest BCUT2D eigenvalue weighted by molar-refractivity contribution is 6.32. The number of hydrogen-bond acceptors (Lipinski definition) is 6. The monoisotopic (exact) mass is 362 g/mol. The van der Waals surface area contributed by atoms with E-state index in [1.165, 1.54) is 19.4 Å². The zero-order chi connectivity index (χ0) is 17.8. The van der Waals surface area contributed by atoms with Gasteiger partial charge in [0.25, 0.3) is 0 Å². The fourth-order valence-corrected chi connectivity index (χ4v) is 2.50. The van der Waals surface area contributed by atoms with Gasteiger partial charge in [0.1, 0.15) is 0 Å². The number of hydrazone groups is 1. The first-order chi connectivity index (χ1) is 12.1. The van der Waals surface area contributed by atoms with Crippen LogP contribution < -0.4 is 19.6 Å². The maximum absolute atomic E-state index is 12.0. The molecule has 1 amide bonds. The first-order valence-corrected chi connectivity index (χ1v) is 7.71. The minimum atomic E-state index is -0.285. The number of carbonyl (C=O) groups excluding carboxylic acids is 1. The molecule has 1 aliphatic rings. The maximum Gasteiger partial charge on any atom is 0.244 e. The number of halogens is 1. The molecular formula is C17H15ClN2O5. The van der Waals surface area contributed by atoms with Gasteiger partial charge >= 0.3 is 0 Å². The van der Waals surface area contributed by atoms with Crippen molar-refractivity contribution < 1.29 is 24.1 Å². The Bertz CT molecular complexity index is 838. The first kappa shape index (κ1) is 16.9. The molecule has 0 saturated carbocycles. The summed E-state index contributed by atoms with van der Waals surface area (Å²) in [5.74, 6) is 1.08. The number of nitrogens with zero attached hydrogens (tertiary/aromatic N) is 1. The number of ether oxygens (including phenoxy) is 3. The Hall–Kier alpha value is -2.93. The molecule has 0 aromatic heterocycles. The summed E-state index contributed by atoms with van der Waals surface area (Å²) in [6, 6.07) is 8.37. The molecule has 8 heteroatoms. The van der Waals surface area contributed by atoms with Gasteiger partial charge in [-0.05, 0) is 35.4 Å². The first-order valence-electron chi connectivity index (χ1n) is 7.34. The minimum Gasteiger partial charge on any atom is -0.503 e. The van der Waals surface area contributed by atoms with Gasteiger partial charge in [-0.3, -0.25) is 4.79 Å². The molecule has 2 aromatic carbocycles. The van der Waals surface area contributed by atoms with Crippen LogP contribution in [0.25, 0.3) is 0 Å². The molecular weight excluding hydrogens is 348 g/mol. The van der Waals surface area contributed by atoms with Gasteiger partial charge in [-0.25, -0.2) is 5.43 Å². The summed E-state index contributed by atoms with van der Waals surface area (Å²) in [5, 5.41) is 13.7. The fraction of sp³-hybridized carbons (Fsp3) is 0.176. The highest BCUT2D eigenvalue weighted by atomic mass is 35.5. The van der Waals surface area contributed by atoms with Gasteiger partial charge in [0.15, 0.2) is 23.0 Å². The molecule has 25 heavy (non-hydrogen) atoms. The summed E-state index contributed by atoms with van der Waals surface area (Å²) < 4.78 is 15.5. The van der Waals surface area contributed by atoms with E-state index >= 15 is 0 Å². The van der Waals surface area contributed by atoms with Crippen molar-refractivity contribution >= 4 is 23.7 Å². The standard InChI is InChI=1S/C17H15ClN2O5/c1-23-15-6-11(4-12(18)17(15)22)8-19-20-16(21)7-10-2-3-13-14(5-10)25-9-24-13/h2-6,8,22H,7,9H2,1H3,(H,20,21). The summed E-state index contributed by atoms with van der Waals surface area (Å²) in [6.45, 7) is 0.188. The number of nitrogens with one attached hydrogen (secondary N) is 1. The van der Waals surface area contributed by atoms with E-state index in [1.54, 1.807) is 24.3 Å². The lowest BCUT2D eigenvalue weighted by molar-refractivity contribution is -0.120. The van der Waals surface area contributed by atoms with Gasteiger partial charge in [0, 0.05) is 0 Å². The number of aromatic hydroxyl groups is 1. The Morgan fingerprint density at radius 2 is 2.16 bits per heavy atom. The van der Waals surface area contributed by atoms with E-state index in [1.807, 2.05) is 0 Å². The zero-order valence-corrected chi connectivity index (χ0v) is 14.0. The fourth-order valence-electron chi connectivity index (χ4n) is 2.28. The quantitative estimate of drug-likeness (QED) is 0.630. The van der Waals surface area contributed by atoms with Crippen LogP contribution in [-0.4, -0.2) is 31.1 Å². The molecule has 0 fully saturated rings. The molecule has 0 atom stereocenters. The van der Waals surface area contributed by atoms with Gasteiger partial charge in [0.05, 0.1) is 24.8 Å². The summed E-state index contributed by atoms with van der Waals surface area (Å²) in [5.41, 5.74) is 3.79. The van der Waals surface area contributed by atoms with Crippen molar-refractivity contribution in [2.24, 2.45) is 5.10 Å². The van der Waals surface area contributed by atoms with Crippen LogP contribution in [0, 0.1) is 0 Å². The molecule has 2 N–H and O–H groups in total. The highest BCUT2D eigenvalue weighted by Crippen LogP contribution is 2.34. The molecule has 2 aromatic rings. The molecule has 0 unspecified atom stereocenters. The van der Waals surface area contributed by atoms with E-state index in [4.69, 9.17) is 25.8 Å². The lowest BCUT2D eigenvalue weighted by Gasteiger charge is -2.06. The smallest absolute Gasteiger partial charge is 0.244 e. The van der Waals surface area contributed by atoms with Crippen molar-refractivity contribution in [2.45, 2.75) is 6.42 Å². The van der Waals surface area contributed by atoms with E-state index < -0.39 is 0 Å². The number of amides is 1. The summed E-state index contributed by atoms with van der Waals surface area (Å²) in [4.78, 5) is 12.0. The van der Waals surface area contributed by atoms with Crippen LogP contribution in [0.2, 0.25) is 5.02 Å². The minimum absolute atomic E-state index is 0.132. The van der Waals surface area contributed by atoms with Crippen LogP contribution in [0.1, 0.15) is 11.1 Å². The Morgan fingerprint density at radius 1 is 1.36 bits per heavy atom. The van der Waals surface area contributed by atoms with E-state index in [0.29, 0.717) is 17.1 Å². The molecule has 0 bridgehead atoms. The topological polar surface area (TPSA) is 89.4 Å². The van der Waals surface area contributed by atoms with Gasteiger partial charge in [-0.15, -0.1) is 0 Å². The Labute approximate surface area is 148 Å². The van der Waals surface area contributed by atoms with E-state index in [9.17, 15) is 9.90 Å². The third-order valence-corrected chi connectivity index (χ3v) is 3.76. The average molecular weight is 363 g/mol. The van der Waals surface area contributed by atoms with Gasteiger partial charge in [-0.1, -0.05) is 17.7 Å². The number of benzene rings is 2. The summed E-state index contributed by atoms with van der Waals surface area (Å²) in [6.07, 6.45) is 1.55. The lowest BCUT2D eigenvalue weighted by atomic mass is 10.1. The number of phenols is 1. The van der Waals surface area contributed by atoms with Crippen LogP contribution in [0.5, 0.6) is 23.0 Å². The third kappa shape index (κ3) is 3.95. The Balaban J connectivity index is 1.60. The molecule has 1 aliphatic heterocycles. The normalized spacial score (nSPS) is 12.4. The van der Waals surface area contributed by atoms with E-state index in [2.05, 4.69) is 10.5 Å². The molecule has 0 spiro atoms.